The molecule has 0 bridgehead atoms. The van der Waals surface area contributed by atoms with E-state index in [1.165, 1.54) is 37.3 Å². The number of para-hydroxylation sites is 1. The number of esters is 2. The first-order valence-corrected chi connectivity index (χ1v) is 8.97. The van der Waals surface area contributed by atoms with Crippen LogP contribution in [0.4, 0.5) is 11.4 Å². The van der Waals surface area contributed by atoms with Crippen LogP contribution in [0.2, 0.25) is 0 Å². The maximum atomic E-state index is 12.8. The Hall–Kier alpha value is -3.68. The molecular weight excluding hydrogens is 376 g/mol. The third-order valence-corrected chi connectivity index (χ3v) is 4.64. The van der Waals surface area contributed by atoms with Gasteiger partial charge in [0.25, 0.3) is 0 Å². The van der Waals surface area contributed by atoms with E-state index in [0.29, 0.717) is 12.2 Å². The van der Waals surface area contributed by atoms with Crippen molar-refractivity contribution in [2.45, 2.75) is 12.8 Å². The molecule has 8 nitrogen and oxygen atoms in total. The Labute approximate surface area is 167 Å². The summed E-state index contributed by atoms with van der Waals surface area (Å²) in [6.45, 7) is 0.412. The van der Waals surface area contributed by atoms with Crippen LogP contribution >= 0.6 is 0 Å². The van der Waals surface area contributed by atoms with Crippen molar-refractivity contribution in [1.29, 1.82) is 0 Å². The van der Waals surface area contributed by atoms with Gasteiger partial charge in [-0.15, -0.1) is 0 Å². The largest absolute Gasteiger partial charge is 0.465 e. The summed E-state index contributed by atoms with van der Waals surface area (Å²) in [5.74, 6) is -3.04. The Morgan fingerprint density at radius 3 is 2.41 bits per heavy atom. The number of benzene rings is 2. The van der Waals surface area contributed by atoms with Gasteiger partial charge in [0.15, 0.2) is 0 Å². The van der Waals surface area contributed by atoms with E-state index < -0.39 is 23.8 Å². The van der Waals surface area contributed by atoms with Crippen molar-refractivity contribution >= 4 is 35.1 Å². The molecule has 0 aromatic heterocycles. The fraction of sp³-hybridized carbons (Fsp3) is 0.238. The number of ether oxygens (including phenoxy) is 2. The topological polar surface area (TPSA) is 102 Å². The van der Waals surface area contributed by atoms with Gasteiger partial charge in [0.2, 0.25) is 0 Å². The Morgan fingerprint density at radius 1 is 0.966 bits per heavy atom. The molecule has 150 valence electrons. The fourth-order valence-corrected chi connectivity index (χ4v) is 3.22. The smallest absolute Gasteiger partial charge is 0.339 e. The monoisotopic (exact) mass is 396 g/mol. The van der Waals surface area contributed by atoms with Crippen LogP contribution in [0.3, 0.4) is 0 Å². The lowest BCUT2D eigenvalue weighted by molar-refractivity contribution is -0.134. The van der Waals surface area contributed by atoms with Gasteiger partial charge in [-0.1, -0.05) is 18.2 Å². The number of hydrogen-bond acceptors (Lipinski definition) is 6. The molecule has 8 heteroatoms. The van der Waals surface area contributed by atoms with Gasteiger partial charge >= 0.3 is 23.8 Å². The molecule has 1 aliphatic heterocycles. The number of methoxy groups -OCH3 is 2. The normalized spacial score (nSPS) is 12.6. The number of nitrogens with one attached hydrogen (secondary N) is 1. The molecule has 0 fully saturated rings. The van der Waals surface area contributed by atoms with E-state index >= 15 is 0 Å². The maximum absolute atomic E-state index is 12.8. The molecule has 1 aliphatic rings. The Morgan fingerprint density at radius 2 is 1.69 bits per heavy atom. The summed E-state index contributed by atoms with van der Waals surface area (Å²) in [6.07, 6.45) is 1.57. The summed E-state index contributed by atoms with van der Waals surface area (Å²) in [5.41, 5.74) is 1.80. The van der Waals surface area contributed by atoms with Crippen molar-refractivity contribution in [2.24, 2.45) is 0 Å². The number of amides is 2. The molecule has 1 N–H and O–H groups in total. The molecule has 0 radical (unpaired) electrons. The van der Waals surface area contributed by atoms with E-state index in [1.54, 1.807) is 12.1 Å². The summed E-state index contributed by atoms with van der Waals surface area (Å²) in [6, 6.07) is 11.4. The highest BCUT2D eigenvalue weighted by atomic mass is 16.5. The Bertz CT molecular complexity index is 985. The van der Waals surface area contributed by atoms with Crippen molar-refractivity contribution in [2.75, 3.05) is 31.0 Å². The van der Waals surface area contributed by atoms with Crippen LogP contribution in [-0.2, 0) is 25.5 Å². The summed E-state index contributed by atoms with van der Waals surface area (Å²) in [5, 5.41) is 2.43. The summed E-state index contributed by atoms with van der Waals surface area (Å²) < 4.78 is 9.37. The standard InChI is InChI=1S/C21H20N2O6/c1-28-20(26)14-9-10-15(21(27)29-2)16(12-14)22-18(24)19(25)23-11-5-7-13-6-3-4-8-17(13)23/h3-4,6,8-10,12H,5,7,11H2,1-2H3,(H,22,24). The van der Waals surface area contributed by atoms with Crippen LogP contribution in [0.25, 0.3) is 0 Å². The van der Waals surface area contributed by atoms with Gasteiger partial charge in [-0.25, -0.2) is 9.59 Å². The van der Waals surface area contributed by atoms with Crippen LogP contribution in [0.1, 0.15) is 32.7 Å². The van der Waals surface area contributed by atoms with Gasteiger partial charge in [-0.3, -0.25) is 9.59 Å². The molecule has 0 saturated heterocycles. The first-order chi connectivity index (χ1) is 14.0. The first-order valence-electron chi connectivity index (χ1n) is 8.97. The second-order valence-electron chi connectivity index (χ2n) is 6.39. The van der Waals surface area contributed by atoms with E-state index in [9.17, 15) is 19.2 Å². The molecule has 0 spiro atoms. The Balaban J connectivity index is 1.89. The number of rotatable bonds is 3. The minimum atomic E-state index is -0.922. The molecule has 2 amide bonds. The van der Waals surface area contributed by atoms with Crippen LogP contribution in [-0.4, -0.2) is 44.5 Å². The van der Waals surface area contributed by atoms with Gasteiger partial charge in [0.05, 0.1) is 31.0 Å². The van der Waals surface area contributed by atoms with Gasteiger partial charge in [0.1, 0.15) is 0 Å². The van der Waals surface area contributed by atoms with Gasteiger partial charge in [0, 0.05) is 12.2 Å². The highest BCUT2D eigenvalue weighted by molar-refractivity contribution is 6.44. The molecule has 2 aromatic rings. The summed E-state index contributed by atoms with van der Waals surface area (Å²) >= 11 is 0. The van der Waals surface area contributed by atoms with Gasteiger partial charge in [-0.2, -0.15) is 0 Å². The SMILES string of the molecule is COC(=O)c1ccc(C(=O)OC)c(NC(=O)C(=O)N2CCCc3ccccc32)c1. The summed E-state index contributed by atoms with van der Waals surface area (Å²) in [7, 11) is 2.41. The van der Waals surface area contributed by atoms with E-state index in [-0.39, 0.29) is 16.8 Å². The molecule has 29 heavy (non-hydrogen) atoms. The van der Waals surface area contributed by atoms with Crippen LogP contribution in [0, 0.1) is 0 Å². The van der Waals surface area contributed by atoms with Crippen molar-refractivity contribution < 1.29 is 28.7 Å². The van der Waals surface area contributed by atoms with Gasteiger partial charge < -0.3 is 19.7 Å². The lowest BCUT2D eigenvalue weighted by Crippen LogP contribution is -2.42. The Kier molecular flexibility index (Phi) is 5.92. The molecule has 0 unspecified atom stereocenters. The second-order valence-corrected chi connectivity index (χ2v) is 6.39. The minimum Gasteiger partial charge on any atom is -0.465 e. The minimum absolute atomic E-state index is 0.0107. The van der Waals surface area contributed by atoms with Crippen molar-refractivity contribution in [1.82, 2.24) is 0 Å². The van der Waals surface area contributed by atoms with E-state index in [4.69, 9.17) is 4.74 Å². The van der Waals surface area contributed by atoms with Crippen LogP contribution in [0.5, 0.6) is 0 Å². The number of nitrogens with zero attached hydrogens (tertiary/aromatic N) is 1. The predicted molar refractivity (Wildman–Crippen MR) is 105 cm³/mol. The average molecular weight is 396 g/mol. The number of aryl methyl sites for hydroxylation is 1. The quantitative estimate of drug-likeness (QED) is 0.630. The molecule has 3 rings (SSSR count). The molecule has 0 saturated carbocycles. The van der Waals surface area contributed by atoms with Crippen molar-refractivity contribution in [3.05, 3.63) is 59.2 Å². The number of carbonyl (C=O) groups excluding carboxylic acids is 4. The average Bonchev–Trinajstić information content (AvgIpc) is 2.76. The molecule has 1 heterocycles. The van der Waals surface area contributed by atoms with E-state index in [0.717, 1.165) is 18.4 Å². The zero-order valence-electron chi connectivity index (χ0n) is 16.1. The van der Waals surface area contributed by atoms with Crippen LogP contribution < -0.4 is 10.2 Å². The highest BCUT2D eigenvalue weighted by Gasteiger charge is 2.28. The lowest BCUT2D eigenvalue weighted by Gasteiger charge is -2.28. The molecule has 0 atom stereocenters. The molecule has 0 aliphatic carbocycles. The van der Waals surface area contributed by atoms with E-state index in [1.807, 2.05) is 12.1 Å². The number of anilines is 2. The van der Waals surface area contributed by atoms with Crippen molar-refractivity contribution in [3.8, 4) is 0 Å². The van der Waals surface area contributed by atoms with Crippen LogP contribution in [0.15, 0.2) is 42.5 Å². The number of fused-ring (bicyclic) bond motifs is 1. The second kappa shape index (κ2) is 8.55. The molecular formula is C21H20N2O6. The fourth-order valence-electron chi connectivity index (χ4n) is 3.22. The zero-order chi connectivity index (χ0) is 21.0. The maximum Gasteiger partial charge on any atom is 0.339 e. The third kappa shape index (κ3) is 4.11. The number of hydrogen-bond donors (Lipinski definition) is 1. The first kappa shape index (κ1) is 20.1. The number of carbonyl (C=O) groups is 4. The van der Waals surface area contributed by atoms with E-state index in [2.05, 4.69) is 10.1 Å². The van der Waals surface area contributed by atoms with Crippen molar-refractivity contribution in [3.63, 3.8) is 0 Å². The third-order valence-electron chi connectivity index (χ3n) is 4.64. The lowest BCUT2D eigenvalue weighted by atomic mass is 10.0. The summed E-state index contributed by atoms with van der Waals surface area (Å²) in [4.78, 5) is 50.7. The molecule has 2 aromatic carbocycles. The predicted octanol–water partition coefficient (Wildman–Crippen LogP) is 2.18. The van der Waals surface area contributed by atoms with Gasteiger partial charge in [-0.05, 0) is 42.7 Å². The zero-order valence-corrected chi connectivity index (χ0v) is 16.1. The highest BCUT2D eigenvalue weighted by Crippen LogP contribution is 2.27.